The molecule has 23 heavy (non-hydrogen) atoms. The summed E-state index contributed by atoms with van der Waals surface area (Å²) in [6.45, 7) is 17.1. The minimum absolute atomic E-state index is 0.0414. The Labute approximate surface area is 140 Å². The van der Waals surface area contributed by atoms with Gasteiger partial charge in [-0.2, -0.15) is 0 Å². The van der Waals surface area contributed by atoms with E-state index in [4.69, 9.17) is 9.47 Å². The first kappa shape index (κ1) is 18.5. The SMILES string of the molecule is C[C@@H]1CN[C@@H](CN2CCOCC2(C)C)CN1C(=O)OC(C)(C)C. The zero-order chi connectivity index (χ0) is 17.3. The van der Waals surface area contributed by atoms with Gasteiger partial charge in [0.15, 0.2) is 0 Å². The molecule has 1 N–H and O–H groups in total. The molecule has 2 heterocycles. The number of carbonyl (C=O) groups is 1. The van der Waals surface area contributed by atoms with Crippen LogP contribution in [0.15, 0.2) is 0 Å². The third-order valence-corrected chi connectivity index (χ3v) is 4.54. The Morgan fingerprint density at radius 2 is 2.09 bits per heavy atom. The smallest absolute Gasteiger partial charge is 0.410 e. The molecule has 2 saturated heterocycles. The van der Waals surface area contributed by atoms with Crippen LogP contribution >= 0.6 is 0 Å². The van der Waals surface area contributed by atoms with Gasteiger partial charge in [0.05, 0.1) is 13.2 Å². The van der Waals surface area contributed by atoms with Gasteiger partial charge in [-0.3, -0.25) is 4.90 Å². The highest BCUT2D eigenvalue weighted by Crippen LogP contribution is 2.21. The number of hydrogen-bond donors (Lipinski definition) is 1. The highest BCUT2D eigenvalue weighted by molar-refractivity contribution is 5.68. The van der Waals surface area contributed by atoms with Crippen LogP contribution in [-0.4, -0.2) is 78.5 Å². The summed E-state index contributed by atoms with van der Waals surface area (Å²) in [5, 5.41) is 3.57. The lowest BCUT2D eigenvalue weighted by atomic mass is 10.0. The van der Waals surface area contributed by atoms with E-state index in [0.29, 0.717) is 6.54 Å². The van der Waals surface area contributed by atoms with Crippen LogP contribution in [0.2, 0.25) is 0 Å². The van der Waals surface area contributed by atoms with Crippen LogP contribution < -0.4 is 5.32 Å². The van der Waals surface area contributed by atoms with Crippen molar-refractivity contribution in [1.82, 2.24) is 15.1 Å². The number of ether oxygens (including phenoxy) is 2. The molecule has 0 aromatic rings. The first-order chi connectivity index (χ1) is 10.6. The minimum Gasteiger partial charge on any atom is -0.444 e. The Kier molecular flexibility index (Phi) is 5.59. The molecule has 0 unspecified atom stereocenters. The topological polar surface area (TPSA) is 54.0 Å². The second kappa shape index (κ2) is 6.95. The van der Waals surface area contributed by atoms with Gasteiger partial charge in [-0.15, -0.1) is 0 Å². The first-order valence-electron chi connectivity index (χ1n) is 8.64. The van der Waals surface area contributed by atoms with Gasteiger partial charge in [-0.25, -0.2) is 4.79 Å². The van der Waals surface area contributed by atoms with E-state index in [-0.39, 0.29) is 23.7 Å². The molecule has 134 valence electrons. The number of rotatable bonds is 2. The van der Waals surface area contributed by atoms with Crippen LogP contribution in [0.1, 0.15) is 41.5 Å². The summed E-state index contributed by atoms with van der Waals surface area (Å²) in [5.41, 5.74) is -0.414. The molecular weight excluding hydrogens is 294 g/mol. The summed E-state index contributed by atoms with van der Waals surface area (Å²) in [4.78, 5) is 16.7. The molecule has 2 aliphatic rings. The van der Waals surface area contributed by atoms with Crippen molar-refractivity contribution < 1.29 is 14.3 Å². The van der Waals surface area contributed by atoms with Gasteiger partial charge in [-0.05, 0) is 41.5 Å². The lowest BCUT2D eigenvalue weighted by Crippen LogP contribution is -2.63. The summed E-state index contributed by atoms with van der Waals surface area (Å²) >= 11 is 0. The Morgan fingerprint density at radius 1 is 1.39 bits per heavy atom. The van der Waals surface area contributed by atoms with E-state index in [1.807, 2.05) is 25.7 Å². The zero-order valence-electron chi connectivity index (χ0n) is 15.5. The number of carbonyl (C=O) groups excluding carboxylic acids is 1. The largest absolute Gasteiger partial charge is 0.444 e. The number of morpholine rings is 1. The van der Waals surface area contributed by atoms with Gasteiger partial charge in [0.2, 0.25) is 0 Å². The van der Waals surface area contributed by atoms with E-state index in [9.17, 15) is 4.79 Å². The van der Waals surface area contributed by atoms with Crippen LogP contribution in [0.3, 0.4) is 0 Å². The molecule has 6 nitrogen and oxygen atoms in total. The molecule has 2 rings (SSSR count). The van der Waals surface area contributed by atoms with E-state index in [1.54, 1.807) is 0 Å². The first-order valence-corrected chi connectivity index (χ1v) is 8.64. The van der Waals surface area contributed by atoms with E-state index in [0.717, 1.165) is 32.8 Å². The van der Waals surface area contributed by atoms with Crippen molar-refractivity contribution in [2.24, 2.45) is 0 Å². The molecule has 0 aliphatic carbocycles. The predicted molar refractivity (Wildman–Crippen MR) is 90.7 cm³/mol. The second-order valence-electron chi connectivity index (χ2n) is 8.40. The number of nitrogens with one attached hydrogen (secondary N) is 1. The van der Waals surface area contributed by atoms with Crippen molar-refractivity contribution in [3.63, 3.8) is 0 Å². The molecule has 6 heteroatoms. The molecule has 0 aromatic heterocycles. The molecule has 2 fully saturated rings. The quantitative estimate of drug-likeness (QED) is 0.836. The standard InChI is InChI=1S/C17H33N3O3/c1-13-9-18-14(10-19-7-8-22-12-17(19,5)6)11-20(13)15(21)23-16(2,3)4/h13-14,18H,7-12H2,1-6H3/t13-,14+/m1/s1. The third-order valence-electron chi connectivity index (χ3n) is 4.54. The van der Waals surface area contributed by atoms with Crippen LogP contribution in [0.25, 0.3) is 0 Å². The summed E-state index contributed by atoms with van der Waals surface area (Å²) < 4.78 is 11.1. The van der Waals surface area contributed by atoms with Gasteiger partial charge < -0.3 is 19.7 Å². The van der Waals surface area contributed by atoms with Gasteiger partial charge in [0, 0.05) is 43.8 Å². The molecule has 2 atom stereocenters. The summed E-state index contributed by atoms with van der Waals surface area (Å²) in [6, 6.07) is 0.412. The maximum atomic E-state index is 12.4. The number of hydrogen-bond acceptors (Lipinski definition) is 5. The van der Waals surface area contributed by atoms with Crippen molar-refractivity contribution in [3.05, 3.63) is 0 Å². The fourth-order valence-corrected chi connectivity index (χ4v) is 3.12. The summed E-state index contributed by atoms with van der Waals surface area (Å²) in [6.07, 6.45) is -0.210. The average molecular weight is 327 g/mol. The predicted octanol–water partition coefficient (Wildman–Crippen LogP) is 1.69. The fourth-order valence-electron chi connectivity index (χ4n) is 3.12. The molecule has 0 bridgehead atoms. The van der Waals surface area contributed by atoms with E-state index in [1.165, 1.54) is 0 Å². The number of amides is 1. The minimum atomic E-state index is -0.455. The Hall–Kier alpha value is -0.850. The van der Waals surface area contributed by atoms with E-state index >= 15 is 0 Å². The van der Waals surface area contributed by atoms with Crippen molar-refractivity contribution in [3.8, 4) is 0 Å². The maximum Gasteiger partial charge on any atom is 0.410 e. The Bertz CT molecular complexity index is 420. The molecule has 0 saturated carbocycles. The van der Waals surface area contributed by atoms with Gasteiger partial charge in [-0.1, -0.05) is 0 Å². The summed E-state index contributed by atoms with van der Waals surface area (Å²) in [7, 11) is 0. The highest BCUT2D eigenvalue weighted by Gasteiger charge is 2.36. The van der Waals surface area contributed by atoms with Crippen molar-refractivity contribution >= 4 is 6.09 Å². The lowest BCUT2D eigenvalue weighted by molar-refractivity contribution is -0.0585. The lowest BCUT2D eigenvalue weighted by Gasteiger charge is -2.46. The van der Waals surface area contributed by atoms with Crippen LogP contribution in [0.5, 0.6) is 0 Å². The van der Waals surface area contributed by atoms with Gasteiger partial charge in [0.25, 0.3) is 0 Å². The van der Waals surface area contributed by atoms with Crippen molar-refractivity contribution in [2.45, 2.75) is 64.8 Å². The zero-order valence-corrected chi connectivity index (χ0v) is 15.5. The summed E-state index contributed by atoms with van der Waals surface area (Å²) in [5.74, 6) is 0. The third kappa shape index (κ3) is 5.06. The molecular formula is C17H33N3O3. The van der Waals surface area contributed by atoms with Crippen molar-refractivity contribution in [2.75, 3.05) is 39.4 Å². The van der Waals surface area contributed by atoms with Crippen molar-refractivity contribution in [1.29, 1.82) is 0 Å². The second-order valence-corrected chi connectivity index (χ2v) is 8.40. The highest BCUT2D eigenvalue weighted by atomic mass is 16.6. The average Bonchev–Trinajstić information content (AvgIpc) is 2.41. The molecule has 0 aromatic carbocycles. The van der Waals surface area contributed by atoms with E-state index in [2.05, 4.69) is 31.0 Å². The van der Waals surface area contributed by atoms with Crippen LogP contribution in [0, 0.1) is 0 Å². The van der Waals surface area contributed by atoms with Crippen LogP contribution in [0.4, 0.5) is 4.79 Å². The molecule has 0 radical (unpaired) electrons. The van der Waals surface area contributed by atoms with E-state index < -0.39 is 5.60 Å². The maximum absolute atomic E-state index is 12.4. The van der Waals surface area contributed by atoms with Gasteiger partial charge >= 0.3 is 6.09 Å². The molecule has 1 amide bonds. The Morgan fingerprint density at radius 3 is 2.70 bits per heavy atom. The Balaban J connectivity index is 1.95. The monoisotopic (exact) mass is 327 g/mol. The normalized spacial score (nSPS) is 29.4. The molecule has 0 spiro atoms. The van der Waals surface area contributed by atoms with Gasteiger partial charge in [0.1, 0.15) is 5.60 Å². The van der Waals surface area contributed by atoms with Crippen LogP contribution in [-0.2, 0) is 9.47 Å². The fraction of sp³-hybridized carbons (Fsp3) is 0.941. The number of nitrogens with zero attached hydrogens (tertiary/aromatic N) is 2. The molecule has 2 aliphatic heterocycles. The number of piperazine rings is 1.